The lowest BCUT2D eigenvalue weighted by atomic mass is 9.84. The minimum Gasteiger partial charge on any atom is -0.268 e. The second kappa shape index (κ2) is 6.23. The van der Waals surface area contributed by atoms with E-state index < -0.39 is 0 Å². The first kappa shape index (κ1) is 15.1. The predicted octanol–water partition coefficient (Wildman–Crippen LogP) is 4.61. The molecule has 1 heterocycles. The van der Waals surface area contributed by atoms with Crippen LogP contribution in [0.2, 0.25) is 0 Å². The van der Waals surface area contributed by atoms with Crippen LogP contribution in [-0.2, 0) is 6.42 Å². The van der Waals surface area contributed by atoms with Gasteiger partial charge in [0.1, 0.15) is 0 Å². The molecule has 1 fully saturated rings. The Hall–Kier alpha value is -2.42. The highest BCUT2D eigenvalue weighted by molar-refractivity contribution is 6.34. The molecule has 1 aliphatic heterocycles. The van der Waals surface area contributed by atoms with E-state index in [2.05, 4.69) is 6.07 Å². The molecule has 0 radical (unpaired) electrons. The van der Waals surface area contributed by atoms with Crippen LogP contribution >= 0.6 is 0 Å². The van der Waals surface area contributed by atoms with E-state index >= 15 is 0 Å². The fraction of sp³-hybridized carbons (Fsp3) is 0.333. The summed E-state index contributed by atoms with van der Waals surface area (Å²) in [6.45, 7) is 0. The molecule has 0 spiro atoms. The van der Waals surface area contributed by atoms with Gasteiger partial charge < -0.3 is 0 Å². The van der Waals surface area contributed by atoms with E-state index in [1.165, 1.54) is 37.0 Å². The zero-order chi connectivity index (χ0) is 16.5. The summed E-state index contributed by atoms with van der Waals surface area (Å²) in [7, 11) is 0. The fourth-order valence-corrected chi connectivity index (χ4v) is 4.01. The molecule has 0 bridgehead atoms. The van der Waals surface area contributed by atoms with Crippen LogP contribution in [0.3, 0.4) is 0 Å². The van der Waals surface area contributed by atoms with Crippen molar-refractivity contribution in [3.05, 3.63) is 65.2 Å². The van der Waals surface area contributed by atoms with Crippen molar-refractivity contribution in [3.63, 3.8) is 0 Å². The third-order valence-electron chi connectivity index (χ3n) is 5.26. The molecule has 3 heteroatoms. The van der Waals surface area contributed by atoms with Crippen LogP contribution in [-0.4, -0.2) is 11.8 Å². The van der Waals surface area contributed by atoms with E-state index in [0.717, 1.165) is 17.7 Å². The molecule has 1 aliphatic carbocycles. The molecule has 0 unspecified atom stereocenters. The number of anilines is 1. The number of hydrogen-bond donors (Lipinski definition) is 0. The number of hydrogen-bond acceptors (Lipinski definition) is 2. The minimum absolute atomic E-state index is 0.202. The van der Waals surface area contributed by atoms with Gasteiger partial charge >= 0.3 is 0 Å². The van der Waals surface area contributed by atoms with Crippen molar-refractivity contribution in [2.75, 3.05) is 4.90 Å². The zero-order valence-corrected chi connectivity index (χ0v) is 13.7. The molecule has 24 heavy (non-hydrogen) atoms. The summed E-state index contributed by atoms with van der Waals surface area (Å²) in [6, 6.07) is 15.0. The van der Waals surface area contributed by atoms with Crippen molar-refractivity contribution in [1.82, 2.24) is 0 Å². The van der Waals surface area contributed by atoms with E-state index in [1.807, 2.05) is 18.2 Å². The highest BCUT2D eigenvalue weighted by Gasteiger charge is 2.37. The monoisotopic (exact) mass is 319 g/mol. The van der Waals surface area contributed by atoms with Crippen molar-refractivity contribution < 1.29 is 9.59 Å². The number of amides is 2. The van der Waals surface area contributed by atoms with Gasteiger partial charge in [-0.25, -0.2) is 4.90 Å². The molecular weight excluding hydrogens is 298 g/mol. The SMILES string of the molecule is O=C1c2ccccc2C(=O)N1c1ccccc1CC1CCCCC1. The summed E-state index contributed by atoms with van der Waals surface area (Å²) in [5.74, 6) is 0.258. The minimum atomic E-state index is -0.202. The normalized spacial score (nSPS) is 18.1. The van der Waals surface area contributed by atoms with Crippen LogP contribution in [0.25, 0.3) is 0 Å². The molecule has 0 atom stereocenters. The molecule has 2 amide bonds. The summed E-state index contributed by atoms with van der Waals surface area (Å²) in [6.07, 6.45) is 7.35. The molecule has 1 saturated carbocycles. The maximum Gasteiger partial charge on any atom is 0.266 e. The van der Waals surface area contributed by atoms with Gasteiger partial charge in [0, 0.05) is 0 Å². The Balaban J connectivity index is 1.68. The molecular formula is C21H21NO2. The Morgan fingerprint density at radius 1 is 0.792 bits per heavy atom. The summed E-state index contributed by atoms with van der Waals surface area (Å²) < 4.78 is 0. The van der Waals surface area contributed by atoms with Crippen LogP contribution in [0.15, 0.2) is 48.5 Å². The van der Waals surface area contributed by atoms with Gasteiger partial charge in [-0.05, 0) is 36.1 Å². The Kier molecular flexibility index (Phi) is 3.93. The maximum atomic E-state index is 12.8. The van der Waals surface area contributed by atoms with Gasteiger partial charge in [0.15, 0.2) is 0 Å². The lowest BCUT2D eigenvalue weighted by molar-refractivity contribution is 0.0925. The Morgan fingerprint density at radius 3 is 2.04 bits per heavy atom. The Bertz CT molecular complexity index is 755. The zero-order valence-electron chi connectivity index (χ0n) is 13.7. The smallest absolute Gasteiger partial charge is 0.266 e. The number of nitrogens with zero attached hydrogens (tertiary/aromatic N) is 1. The average Bonchev–Trinajstić information content (AvgIpc) is 2.88. The first-order chi connectivity index (χ1) is 11.8. The van der Waals surface area contributed by atoms with Crippen molar-refractivity contribution in [1.29, 1.82) is 0 Å². The number of imide groups is 1. The summed E-state index contributed by atoms with van der Waals surface area (Å²) in [5, 5.41) is 0. The molecule has 4 rings (SSSR count). The van der Waals surface area contributed by atoms with Crippen LogP contribution < -0.4 is 4.90 Å². The molecule has 0 aromatic heterocycles. The number of rotatable bonds is 3. The van der Waals surface area contributed by atoms with Gasteiger partial charge in [-0.1, -0.05) is 62.4 Å². The van der Waals surface area contributed by atoms with E-state index in [0.29, 0.717) is 17.0 Å². The largest absolute Gasteiger partial charge is 0.268 e. The highest BCUT2D eigenvalue weighted by Crippen LogP contribution is 2.34. The number of benzene rings is 2. The standard InChI is InChI=1S/C21H21NO2/c23-20-17-11-5-6-12-18(17)21(24)22(20)19-13-7-4-10-16(19)14-15-8-2-1-3-9-15/h4-7,10-13,15H,1-3,8-9,14H2. The molecule has 122 valence electrons. The van der Waals surface area contributed by atoms with Crippen LogP contribution in [0.5, 0.6) is 0 Å². The van der Waals surface area contributed by atoms with Crippen LogP contribution in [0.4, 0.5) is 5.69 Å². The Labute approximate surface area is 142 Å². The van der Waals surface area contributed by atoms with Gasteiger partial charge in [-0.15, -0.1) is 0 Å². The molecule has 2 aliphatic rings. The predicted molar refractivity (Wildman–Crippen MR) is 94.3 cm³/mol. The molecule has 0 N–H and O–H groups in total. The first-order valence-corrected chi connectivity index (χ1v) is 8.81. The average molecular weight is 319 g/mol. The molecule has 3 nitrogen and oxygen atoms in total. The molecule has 2 aromatic rings. The van der Waals surface area contributed by atoms with Crippen LogP contribution in [0, 0.1) is 5.92 Å². The van der Waals surface area contributed by atoms with Gasteiger partial charge in [0.05, 0.1) is 16.8 Å². The molecule has 2 aromatic carbocycles. The first-order valence-electron chi connectivity index (χ1n) is 8.81. The van der Waals surface area contributed by atoms with Crippen molar-refractivity contribution in [2.45, 2.75) is 38.5 Å². The number of para-hydroxylation sites is 1. The number of fused-ring (bicyclic) bond motifs is 1. The Morgan fingerprint density at radius 2 is 1.38 bits per heavy atom. The second-order valence-electron chi connectivity index (χ2n) is 6.83. The van der Waals surface area contributed by atoms with Crippen molar-refractivity contribution in [3.8, 4) is 0 Å². The van der Waals surface area contributed by atoms with Gasteiger partial charge in [0.2, 0.25) is 0 Å². The summed E-state index contributed by atoms with van der Waals surface area (Å²) in [5.41, 5.74) is 2.89. The van der Waals surface area contributed by atoms with E-state index in [9.17, 15) is 9.59 Å². The summed E-state index contributed by atoms with van der Waals surface area (Å²) >= 11 is 0. The lowest BCUT2D eigenvalue weighted by Gasteiger charge is -2.24. The highest BCUT2D eigenvalue weighted by atomic mass is 16.2. The van der Waals surface area contributed by atoms with Crippen LogP contribution in [0.1, 0.15) is 58.4 Å². The fourth-order valence-electron chi connectivity index (χ4n) is 4.01. The third-order valence-corrected chi connectivity index (χ3v) is 5.26. The van der Waals surface area contributed by atoms with E-state index in [4.69, 9.17) is 0 Å². The topological polar surface area (TPSA) is 37.4 Å². The quantitative estimate of drug-likeness (QED) is 0.775. The third kappa shape index (κ3) is 2.54. The van der Waals surface area contributed by atoms with Crippen molar-refractivity contribution >= 4 is 17.5 Å². The van der Waals surface area contributed by atoms with E-state index in [1.54, 1.807) is 24.3 Å². The number of carbonyl (C=O) groups excluding carboxylic acids is 2. The van der Waals surface area contributed by atoms with Gasteiger partial charge in [-0.3, -0.25) is 9.59 Å². The van der Waals surface area contributed by atoms with E-state index in [-0.39, 0.29) is 11.8 Å². The van der Waals surface area contributed by atoms with Gasteiger partial charge in [0.25, 0.3) is 11.8 Å². The van der Waals surface area contributed by atoms with Crippen molar-refractivity contribution in [2.24, 2.45) is 5.92 Å². The number of carbonyl (C=O) groups is 2. The second-order valence-corrected chi connectivity index (χ2v) is 6.83. The summed E-state index contributed by atoms with van der Waals surface area (Å²) in [4.78, 5) is 26.9. The van der Waals surface area contributed by atoms with Gasteiger partial charge in [-0.2, -0.15) is 0 Å². The molecule has 0 saturated heterocycles. The maximum absolute atomic E-state index is 12.8. The lowest BCUT2D eigenvalue weighted by Crippen LogP contribution is -2.30.